The van der Waals surface area contributed by atoms with Gasteiger partial charge in [-0.3, -0.25) is 0 Å². The molecule has 0 N–H and O–H groups in total. The minimum absolute atomic E-state index is 0.534. The van der Waals surface area contributed by atoms with Gasteiger partial charge in [0, 0.05) is 10.8 Å². The van der Waals surface area contributed by atoms with E-state index >= 15 is 0 Å². The van der Waals surface area contributed by atoms with Crippen molar-refractivity contribution in [1.29, 1.82) is 0 Å². The van der Waals surface area contributed by atoms with Gasteiger partial charge in [0.1, 0.15) is 11.2 Å². The summed E-state index contributed by atoms with van der Waals surface area (Å²) in [5.41, 5.74) is 11.4. The Morgan fingerprint density at radius 3 is 1.61 bits per heavy atom. The Bertz CT molecular complexity index is 2870. The van der Waals surface area contributed by atoms with E-state index in [9.17, 15) is 0 Å². The average Bonchev–Trinajstić information content (AvgIpc) is 3.55. The molecule has 0 fully saturated rings. The first-order valence-corrected chi connectivity index (χ1v) is 16.7. The van der Waals surface area contributed by atoms with Crippen LogP contribution in [0.1, 0.15) is 1.37 Å². The second-order valence-corrected chi connectivity index (χ2v) is 12.8. The van der Waals surface area contributed by atoms with Crippen LogP contribution in [0.2, 0.25) is 0 Å². The molecular formula is C48H30O. The third kappa shape index (κ3) is 4.55. The summed E-state index contributed by atoms with van der Waals surface area (Å²) in [6, 6.07) is 63.2. The van der Waals surface area contributed by atoms with Gasteiger partial charge in [0.15, 0.2) is 0 Å². The molecule has 0 saturated carbocycles. The summed E-state index contributed by atoms with van der Waals surface area (Å²) in [6.07, 6.45) is 0. The lowest BCUT2D eigenvalue weighted by molar-refractivity contribution is 0.669. The molecule has 49 heavy (non-hydrogen) atoms. The molecule has 0 radical (unpaired) electrons. The van der Waals surface area contributed by atoms with Crippen molar-refractivity contribution >= 4 is 54.3 Å². The van der Waals surface area contributed by atoms with Crippen LogP contribution < -0.4 is 0 Å². The quantitative estimate of drug-likeness (QED) is 0.178. The number of para-hydroxylation sites is 1. The van der Waals surface area contributed by atoms with Gasteiger partial charge in [0.05, 0.1) is 1.37 Å². The van der Waals surface area contributed by atoms with E-state index in [1.807, 2.05) is 30.3 Å². The number of rotatable bonds is 4. The second-order valence-electron chi connectivity index (χ2n) is 12.8. The topological polar surface area (TPSA) is 13.1 Å². The summed E-state index contributed by atoms with van der Waals surface area (Å²) >= 11 is 0. The van der Waals surface area contributed by atoms with Crippen molar-refractivity contribution in [2.45, 2.75) is 0 Å². The number of hydrogen-bond donors (Lipinski definition) is 0. The van der Waals surface area contributed by atoms with Crippen molar-refractivity contribution in [3.05, 3.63) is 182 Å². The van der Waals surface area contributed by atoms with Crippen LogP contribution in [0, 0.1) is 0 Å². The van der Waals surface area contributed by atoms with Crippen LogP contribution in [0.3, 0.4) is 0 Å². The lowest BCUT2D eigenvalue weighted by Crippen LogP contribution is -1.91. The Labute approximate surface area is 285 Å². The summed E-state index contributed by atoms with van der Waals surface area (Å²) < 4.78 is 14.1. The van der Waals surface area contributed by atoms with Gasteiger partial charge in [-0.2, -0.15) is 0 Å². The first-order valence-electron chi connectivity index (χ1n) is 17.2. The molecule has 0 bridgehead atoms. The Morgan fingerprint density at radius 2 is 0.857 bits per heavy atom. The molecule has 0 amide bonds. The molecule has 1 heterocycles. The summed E-state index contributed by atoms with van der Waals surface area (Å²) in [6.45, 7) is 0. The van der Waals surface area contributed by atoms with Crippen molar-refractivity contribution < 1.29 is 5.79 Å². The van der Waals surface area contributed by atoms with E-state index in [4.69, 9.17) is 5.79 Å². The molecule has 1 heteroatoms. The highest BCUT2D eigenvalue weighted by Crippen LogP contribution is 2.44. The monoisotopic (exact) mass is 623 g/mol. The van der Waals surface area contributed by atoms with Crippen LogP contribution in [0.5, 0.6) is 0 Å². The van der Waals surface area contributed by atoms with E-state index in [0.29, 0.717) is 6.04 Å². The normalized spacial score (nSPS) is 12.0. The van der Waals surface area contributed by atoms with Gasteiger partial charge >= 0.3 is 0 Å². The summed E-state index contributed by atoms with van der Waals surface area (Å²) in [7, 11) is 0. The zero-order valence-corrected chi connectivity index (χ0v) is 26.7. The van der Waals surface area contributed by atoms with Crippen LogP contribution in [-0.2, 0) is 0 Å². The lowest BCUT2D eigenvalue weighted by Gasteiger charge is -2.18. The fraction of sp³-hybridized carbons (Fsp3) is 0. The Hall–Kier alpha value is -6.44. The van der Waals surface area contributed by atoms with Crippen molar-refractivity contribution in [2.75, 3.05) is 0 Å². The maximum absolute atomic E-state index is 8.00. The lowest BCUT2D eigenvalue weighted by atomic mass is 9.85. The van der Waals surface area contributed by atoms with Gasteiger partial charge in [0.25, 0.3) is 0 Å². The van der Waals surface area contributed by atoms with Gasteiger partial charge in [0.2, 0.25) is 0 Å². The first kappa shape index (κ1) is 26.6. The molecule has 10 rings (SSSR count). The average molecular weight is 624 g/mol. The van der Waals surface area contributed by atoms with E-state index in [2.05, 4.69) is 146 Å². The molecule has 228 valence electrons. The molecule has 0 spiro atoms. The van der Waals surface area contributed by atoms with E-state index in [1.54, 1.807) is 0 Å². The van der Waals surface area contributed by atoms with E-state index in [1.165, 1.54) is 66.1 Å². The van der Waals surface area contributed by atoms with Crippen molar-refractivity contribution in [2.24, 2.45) is 0 Å². The number of hydrogen-bond acceptors (Lipinski definition) is 1. The Morgan fingerprint density at radius 1 is 0.306 bits per heavy atom. The molecule has 1 aromatic heterocycles. The summed E-state index contributed by atoms with van der Waals surface area (Å²) in [4.78, 5) is 0. The van der Waals surface area contributed by atoms with Crippen LogP contribution in [0.15, 0.2) is 186 Å². The largest absolute Gasteiger partial charge is 0.456 e. The predicted molar refractivity (Wildman–Crippen MR) is 208 cm³/mol. The molecule has 0 aliphatic rings. The van der Waals surface area contributed by atoms with Gasteiger partial charge in [-0.1, -0.05) is 152 Å². The van der Waals surface area contributed by atoms with Gasteiger partial charge in [-0.05, 0) is 107 Å². The number of benzene rings is 9. The highest BCUT2D eigenvalue weighted by molar-refractivity contribution is 6.21. The first-order chi connectivity index (χ1) is 24.7. The van der Waals surface area contributed by atoms with E-state index in [-0.39, 0.29) is 0 Å². The van der Waals surface area contributed by atoms with Crippen LogP contribution in [0.4, 0.5) is 0 Å². The molecule has 0 saturated heterocycles. The van der Waals surface area contributed by atoms with Crippen LogP contribution >= 0.6 is 0 Å². The Kier molecular flexibility index (Phi) is 6.02. The van der Waals surface area contributed by atoms with Gasteiger partial charge in [-0.15, -0.1) is 0 Å². The van der Waals surface area contributed by atoms with E-state index in [0.717, 1.165) is 32.7 Å². The molecule has 0 aliphatic heterocycles. The highest BCUT2D eigenvalue weighted by atomic mass is 16.3. The van der Waals surface area contributed by atoms with Crippen molar-refractivity contribution in [1.82, 2.24) is 0 Å². The van der Waals surface area contributed by atoms with Crippen LogP contribution in [-0.4, -0.2) is 0 Å². The summed E-state index contributed by atoms with van der Waals surface area (Å²) in [5.74, 6) is 0. The minimum atomic E-state index is 0.534. The molecule has 9 aromatic carbocycles. The molecule has 10 aromatic rings. The predicted octanol–water partition coefficient (Wildman–Crippen LogP) is 13.7. The van der Waals surface area contributed by atoms with E-state index < -0.39 is 0 Å². The molecule has 0 aliphatic carbocycles. The highest BCUT2D eigenvalue weighted by Gasteiger charge is 2.17. The summed E-state index contributed by atoms with van der Waals surface area (Å²) in [5, 5.41) is 9.47. The molecule has 1 nitrogen and oxygen atoms in total. The van der Waals surface area contributed by atoms with Crippen LogP contribution in [0.25, 0.3) is 98.8 Å². The standard InChI is InChI=1S/C48H30O/c1-2-11-34-28-36(25-22-31(34)10-1)35-12-9-13-38(29-35)48-42-17-5-3-15-40(42)47(41-16-4-6-18-43(41)48)33-23-20-32(21-24-33)37-26-27-46-44(30-37)39-14-7-8-19-45(39)49-46/h1-30H/i1D. The third-order valence-electron chi connectivity index (χ3n) is 9.98. The Balaban J connectivity index is 1.11. The van der Waals surface area contributed by atoms with Gasteiger partial charge in [-0.25, -0.2) is 0 Å². The van der Waals surface area contributed by atoms with Crippen molar-refractivity contribution in [3.63, 3.8) is 0 Å². The third-order valence-corrected chi connectivity index (χ3v) is 9.98. The maximum atomic E-state index is 8.00. The fourth-order valence-corrected chi connectivity index (χ4v) is 7.65. The molecule has 0 atom stereocenters. The smallest absolute Gasteiger partial charge is 0.135 e. The zero-order chi connectivity index (χ0) is 33.2. The SMILES string of the molecule is [2H]c1ccc2cc(-c3cccc(-c4c5ccccc5c(-c5ccc(-c6ccc7oc8ccccc8c7c6)cc5)c5ccccc45)c3)ccc2c1. The second kappa shape index (κ2) is 11.1. The molecule has 0 unspecified atom stereocenters. The van der Waals surface area contributed by atoms with Gasteiger partial charge < -0.3 is 4.42 Å². The van der Waals surface area contributed by atoms with Crippen molar-refractivity contribution in [3.8, 4) is 44.5 Å². The minimum Gasteiger partial charge on any atom is -0.456 e. The number of fused-ring (bicyclic) bond motifs is 6. The number of furan rings is 1. The molecular weight excluding hydrogens is 593 g/mol. The fourth-order valence-electron chi connectivity index (χ4n) is 7.65. The maximum Gasteiger partial charge on any atom is 0.135 e. The zero-order valence-electron chi connectivity index (χ0n) is 27.7.